The highest BCUT2D eigenvalue weighted by Crippen LogP contribution is 2.36. The Morgan fingerprint density at radius 1 is 0.875 bits per heavy atom. The molecule has 0 atom stereocenters. The maximum Gasteiger partial charge on any atom is 0.230 e. The van der Waals surface area contributed by atoms with Gasteiger partial charge in [0, 0.05) is 6.54 Å². The fraction of sp³-hybridized carbons (Fsp3) is 0.364. The Kier molecular flexibility index (Phi) is 6.40. The molecule has 170 valence electrons. The molecule has 1 fully saturated rings. The minimum Gasteiger partial charge on any atom is -0.496 e. The van der Waals surface area contributed by atoms with E-state index in [0.717, 1.165) is 31.5 Å². The summed E-state index contributed by atoms with van der Waals surface area (Å²) in [5.41, 5.74) is 1.25. The number of hydrogen-bond donors (Lipinski definition) is 0. The van der Waals surface area contributed by atoms with E-state index in [0.29, 0.717) is 17.7 Å². The van der Waals surface area contributed by atoms with Gasteiger partial charge in [-0.15, -0.1) is 0 Å². The number of rotatable bonds is 6. The maximum atomic E-state index is 14.1. The van der Waals surface area contributed by atoms with Gasteiger partial charge in [0.2, 0.25) is 40.7 Å². The van der Waals surface area contributed by atoms with Gasteiger partial charge < -0.3 is 14.4 Å². The molecule has 0 saturated carbocycles. The molecule has 0 radical (unpaired) electrons. The molecule has 5 nitrogen and oxygen atoms in total. The lowest BCUT2D eigenvalue weighted by atomic mass is 10.1. The van der Waals surface area contributed by atoms with Gasteiger partial charge in [-0.05, 0) is 50.0 Å². The third-order valence-corrected chi connectivity index (χ3v) is 5.52. The van der Waals surface area contributed by atoms with Crippen LogP contribution in [0.2, 0.25) is 0 Å². The van der Waals surface area contributed by atoms with Crippen LogP contribution < -0.4 is 9.47 Å². The Morgan fingerprint density at radius 2 is 1.53 bits per heavy atom. The van der Waals surface area contributed by atoms with E-state index >= 15 is 0 Å². The van der Waals surface area contributed by atoms with Crippen molar-refractivity contribution in [1.82, 2.24) is 14.9 Å². The zero-order chi connectivity index (χ0) is 22.8. The van der Waals surface area contributed by atoms with Gasteiger partial charge in [-0.25, -0.2) is 23.1 Å². The standard InChI is InChI=1S/C22H20F5N3O2/c1-31-15-10-13-14(9-12(15)5-8-30-6-3-2-4-7-30)28-11-29-22(13)32-21-19(26)17(24)16(23)18(25)20(21)27/h9-11H,2-8H2,1H3. The smallest absolute Gasteiger partial charge is 0.230 e. The van der Waals surface area contributed by atoms with Gasteiger partial charge in [0.25, 0.3) is 0 Å². The molecule has 1 aliphatic rings. The Balaban J connectivity index is 1.68. The van der Waals surface area contributed by atoms with Gasteiger partial charge in [0.1, 0.15) is 12.1 Å². The first-order chi connectivity index (χ1) is 15.4. The molecule has 0 N–H and O–H groups in total. The van der Waals surface area contributed by atoms with Crippen LogP contribution in [0.5, 0.6) is 17.4 Å². The van der Waals surface area contributed by atoms with E-state index in [1.54, 1.807) is 6.07 Å². The Bertz CT molecular complexity index is 1120. The van der Waals surface area contributed by atoms with Gasteiger partial charge in [0.05, 0.1) is 18.0 Å². The number of piperidine rings is 1. The van der Waals surface area contributed by atoms with Crippen molar-refractivity contribution in [3.8, 4) is 17.4 Å². The molecule has 10 heteroatoms. The second-order valence-electron chi connectivity index (χ2n) is 7.51. The molecule has 2 heterocycles. The third kappa shape index (κ3) is 4.19. The van der Waals surface area contributed by atoms with Crippen molar-refractivity contribution in [1.29, 1.82) is 0 Å². The number of benzene rings is 2. The quantitative estimate of drug-likeness (QED) is 0.293. The van der Waals surface area contributed by atoms with E-state index in [1.807, 2.05) is 0 Å². The van der Waals surface area contributed by atoms with Crippen LogP contribution in [0.1, 0.15) is 24.8 Å². The van der Waals surface area contributed by atoms with E-state index in [4.69, 9.17) is 9.47 Å². The van der Waals surface area contributed by atoms with Gasteiger partial charge in [0.15, 0.2) is 0 Å². The average Bonchev–Trinajstić information content (AvgIpc) is 2.83. The summed E-state index contributed by atoms with van der Waals surface area (Å²) in [7, 11) is 1.47. The minimum absolute atomic E-state index is 0.204. The summed E-state index contributed by atoms with van der Waals surface area (Å²) in [6, 6.07) is 3.27. The van der Waals surface area contributed by atoms with Crippen LogP contribution in [0, 0.1) is 29.1 Å². The molecule has 0 amide bonds. The van der Waals surface area contributed by atoms with Crippen LogP contribution in [0.4, 0.5) is 22.0 Å². The van der Waals surface area contributed by atoms with Crippen LogP contribution in [0.25, 0.3) is 10.9 Å². The molecule has 1 saturated heterocycles. The molecule has 4 rings (SSSR count). The second kappa shape index (κ2) is 9.23. The van der Waals surface area contributed by atoms with Crippen LogP contribution in [-0.2, 0) is 6.42 Å². The van der Waals surface area contributed by atoms with E-state index in [1.165, 1.54) is 32.4 Å². The molecule has 0 bridgehead atoms. The SMILES string of the molecule is COc1cc2c(Oc3c(F)c(F)c(F)c(F)c3F)ncnc2cc1CCN1CCCCC1. The van der Waals surface area contributed by atoms with Crippen molar-refractivity contribution >= 4 is 10.9 Å². The lowest BCUT2D eigenvalue weighted by Gasteiger charge is -2.26. The number of ether oxygens (including phenoxy) is 2. The zero-order valence-electron chi connectivity index (χ0n) is 17.2. The molecular weight excluding hydrogens is 433 g/mol. The molecule has 0 aliphatic carbocycles. The van der Waals surface area contributed by atoms with Crippen LogP contribution in [0.15, 0.2) is 18.5 Å². The summed E-state index contributed by atoms with van der Waals surface area (Å²) >= 11 is 0. The average molecular weight is 453 g/mol. The van der Waals surface area contributed by atoms with Gasteiger partial charge >= 0.3 is 0 Å². The van der Waals surface area contributed by atoms with E-state index in [2.05, 4.69) is 14.9 Å². The number of hydrogen-bond acceptors (Lipinski definition) is 5. The first-order valence-corrected chi connectivity index (χ1v) is 10.1. The van der Waals surface area contributed by atoms with Crippen molar-refractivity contribution in [2.75, 3.05) is 26.7 Å². The number of aromatic nitrogens is 2. The molecule has 3 aromatic rings. The van der Waals surface area contributed by atoms with Crippen molar-refractivity contribution in [3.63, 3.8) is 0 Å². The number of halogens is 5. The largest absolute Gasteiger partial charge is 0.496 e. The molecule has 32 heavy (non-hydrogen) atoms. The van der Waals surface area contributed by atoms with Crippen molar-refractivity contribution in [3.05, 3.63) is 53.1 Å². The van der Waals surface area contributed by atoms with Crippen molar-refractivity contribution in [2.45, 2.75) is 25.7 Å². The monoisotopic (exact) mass is 453 g/mol. The molecule has 2 aromatic carbocycles. The molecule has 0 spiro atoms. The molecule has 1 aromatic heterocycles. The lowest BCUT2D eigenvalue weighted by molar-refractivity contribution is 0.231. The first-order valence-electron chi connectivity index (χ1n) is 10.1. The third-order valence-electron chi connectivity index (χ3n) is 5.52. The second-order valence-corrected chi connectivity index (χ2v) is 7.51. The predicted octanol–water partition coefficient (Wildman–Crippen LogP) is 5.15. The molecule has 1 aliphatic heterocycles. The van der Waals surface area contributed by atoms with Crippen LogP contribution in [0.3, 0.4) is 0 Å². The highest BCUT2D eigenvalue weighted by Gasteiger charge is 2.28. The predicted molar refractivity (Wildman–Crippen MR) is 106 cm³/mol. The maximum absolute atomic E-state index is 14.1. The zero-order valence-corrected chi connectivity index (χ0v) is 17.2. The van der Waals surface area contributed by atoms with Gasteiger partial charge in [-0.1, -0.05) is 6.42 Å². The number of likely N-dealkylation sites (tertiary alicyclic amines) is 1. The Labute approximate surface area is 180 Å². The first kappa shape index (κ1) is 22.2. The summed E-state index contributed by atoms with van der Waals surface area (Å²) in [6.45, 7) is 2.91. The topological polar surface area (TPSA) is 47.5 Å². The number of nitrogens with zero attached hydrogens (tertiary/aromatic N) is 3. The molecular formula is C22H20F5N3O2. The highest BCUT2D eigenvalue weighted by molar-refractivity contribution is 5.86. The normalized spacial score (nSPS) is 14.7. The fourth-order valence-corrected chi connectivity index (χ4v) is 3.80. The number of fused-ring (bicyclic) bond motifs is 1. The summed E-state index contributed by atoms with van der Waals surface area (Å²) in [6.07, 6.45) is 5.35. The summed E-state index contributed by atoms with van der Waals surface area (Å²) < 4.78 is 79.0. The van der Waals surface area contributed by atoms with Gasteiger partial charge in [-0.2, -0.15) is 8.78 Å². The lowest BCUT2D eigenvalue weighted by Crippen LogP contribution is -2.31. The Hall–Kier alpha value is -3.01. The Morgan fingerprint density at radius 3 is 2.19 bits per heavy atom. The fourth-order valence-electron chi connectivity index (χ4n) is 3.80. The van der Waals surface area contributed by atoms with Gasteiger partial charge in [-0.3, -0.25) is 0 Å². The summed E-state index contributed by atoms with van der Waals surface area (Å²) in [5.74, 6) is -12.0. The van der Waals surface area contributed by atoms with E-state index in [9.17, 15) is 22.0 Å². The van der Waals surface area contributed by atoms with Crippen LogP contribution >= 0.6 is 0 Å². The van der Waals surface area contributed by atoms with Crippen molar-refractivity contribution in [2.24, 2.45) is 0 Å². The van der Waals surface area contributed by atoms with E-state index in [-0.39, 0.29) is 11.3 Å². The summed E-state index contributed by atoms with van der Waals surface area (Å²) in [5, 5.41) is 0.204. The van der Waals surface area contributed by atoms with E-state index < -0.39 is 34.8 Å². The highest BCUT2D eigenvalue weighted by atomic mass is 19.2. The minimum atomic E-state index is -2.26. The van der Waals surface area contributed by atoms with Crippen LogP contribution in [-0.4, -0.2) is 41.6 Å². The molecule has 0 unspecified atom stereocenters. The summed E-state index contributed by atoms with van der Waals surface area (Å²) in [4.78, 5) is 10.3. The van der Waals surface area contributed by atoms with Crippen molar-refractivity contribution < 1.29 is 31.4 Å². The number of methoxy groups -OCH3 is 1.